The van der Waals surface area contributed by atoms with Crippen molar-refractivity contribution >= 4 is 33.5 Å². The molecule has 5 heterocycles. The molecule has 41 heavy (non-hydrogen) atoms. The van der Waals surface area contributed by atoms with Gasteiger partial charge in [-0.2, -0.15) is 0 Å². The second-order valence-electron chi connectivity index (χ2n) is 11.2. The van der Waals surface area contributed by atoms with Gasteiger partial charge in [-0.05, 0) is 74.1 Å². The van der Waals surface area contributed by atoms with E-state index >= 15 is 0 Å². The Morgan fingerprint density at radius 2 is 1.80 bits per heavy atom. The average molecular weight is 537 g/mol. The van der Waals surface area contributed by atoms with E-state index in [4.69, 9.17) is 19.4 Å². The molecule has 0 amide bonds. The van der Waals surface area contributed by atoms with E-state index in [0.29, 0.717) is 12.1 Å². The van der Waals surface area contributed by atoms with Gasteiger partial charge in [0, 0.05) is 51.8 Å². The Balaban J connectivity index is 1.38. The van der Waals surface area contributed by atoms with Crippen LogP contribution in [0.15, 0.2) is 100 Å². The standard InChI is InChI=1S/C36H32N4O/c1-6-30-26-12-8-7-11-25(26)27-15-13-24-14-16-28-29-18-21(3)34(33-20(2)10-9-17-37-33)40-36(29)41-35(28)32(24)23(5)38-22(4)19-31(27)39-30/h6-12,14,16-18,27,31H,1,4,13,15,19H2,2-3,5H3. The first-order valence-corrected chi connectivity index (χ1v) is 14.2. The highest BCUT2D eigenvalue weighted by molar-refractivity contribution is 6.15. The van der Waals surface area contributed by atoms with Crippen molar-refractivity contribution in [3.63, 3.8) is 0 Å². The minimum Gasteiger partial charge on any atom is -0.437 e. The Bertz CT molecular complexity index is 1960. The number of pyridine rings is 2. The lowest BCUT2D eigenvalue weighted by Crippen LogP contribution is -2.27. The van der Waals surface area contributed by atoms with Gasteiger partial charge in [-0.25, -0.2) is 4.98 Å². The fourth-order valence-corrected chi connectivity index (χ4v) is 6.67. The molecule has 0 saturated heterocycles. The zero-order valence-corrected chi connectivity index (χ0v) is 23.7. The number of benzene rings is 2. The fourth-order valence-electron chi connectivity index (χ4n) is 6.67. The van der Waals surface area contributed by atoms with E-state index in [1.165, 1.54) is 16.7 Å². The van der Waals surface area contributed by atoms with E-state index in [1.807, 2.05) is 18.3 Å². The van der Waals surface area contributed by atoms with Crippen LogP contribution in [0.2, 0.25) is 0 Å². The molecule has 5 heteroatoms. The molecule has 2 aliphatic heterocycles. The van der Waals surface area contributed by atoms with Crippen LogP contribution in [0.25, 0.3) is 33.5 Å². The largest absolute Gasteiger partial charge is 0.437 e. The van der Waals surface area contributed by atoms with Crippen molar-refractivity contribution in [3.8, 4) is 11.4 Å². The van der Waals surface area contributed by atoms with Crippen molar-refractivity contribution < 1.29 is 4.42 Å². The van der Waals surface area contributed by atoms with E-state index in [-0.39, 0.29) is 12.0 Å². The van der Waals surface area contributed by atoms with Crippen molar-refractivity contribution in [2.75, 3.05) is 0 Å². The Morgan fingerprint density at radius 3 is 2.63 bits per heavy atom. The van der Waals surface area contributed by atoms with Gasteiger partial charge in [0.2, 0.25) is 5.71 Å². The Morgan fingerprint density at radius 1 is 0.951 bits per heavy atom. The smallest absolute Gasteiger partial charge is 0.227 e. The van der Waals surface area contributed by atoms with E-state index in [0.717, 1.165) is 74.4 Å². The molecule has 5 nitrogen and oxygen atoms in total. The first kappa shape index (κ1) is 25.3. The van der Waals surface area contributed by atoms with Crippen LogP contribution >= 0.6 is 0 Å². The summed E-state index contributed by atoms with van der Waals surface area (Å²) >= 11 is 0. The lowest BCUT2D eigenvalue weighted by atomic mass is 9.78. The molecule has 2 aliphatic rings. The van der Waals surface area contributed by atoms with Gasteiger partial charge in [-0.15, -0.1) is 0 Å². The number of hydrogen-bond acceptors (Lipinski definition) is 5. The minimum atomic E-state index is 0.0825. The molecule has 0 spiro atoms. The van der Waals surface area contributed by atoms with Crippen LogP contribution in [-0.2, 0) is 6.42 Å². The Hall–Kier alpha value is -4.64. The molecular formula is C36H32N4O. The van der Waals surface area contributed by atoms with Gasteiger partial charge < -0.3 is 4.42 Å². The summed E-state index contributed by atoms with van der Waals surface area (Å²) in [6.45, 7) is 14.6. The van der Waals surface area contributed by atoms with E-state index in [1.54, 1.807) is 0 Å². The fraction of sp³-hybridized carbons (Fsp3) is 0.222. The van der Waals surface area contributed by atoms with Crippen LogP contribution in [0, 0.1) is 13.8 Å². The molecule has 0 aliphatic carbocycles. The second kappa shape index (κ2) is 9.77. The van der Waals surface area contributed by atoms with Crippen molar-refractivity contribution in [1.29, 1.82) is 0 Å². The van der Waals surface area contributed by atoms with Gasteiger partial charge in [0.15, 0.2) is 0 Å². The summed E-state index contributed by atoms with van der Waals surface area (Å²) in [5.74, 6) is 0.271. The number of hydrogen-bond donors (Lipinski definition) is 0. The second-order valence-corrected chi connectivity index (χ2v) is 11.2. The summed E-state index contributed by atoms with van der Waals surface area (Å²) in [5, 5.41) is 2.06. The minimum absolute atomic E-state index is 0.0825. The Labute approximate surface area is 240 Å². The third kappa shape index (κ3) is 4.15. The molecule has 2 aromatic carbocycles. The number of aromatic nitrogens is 2. The number of rotatable bonds is 2. The number of aliphatic imine (C=N–C) groups is 2. The van der Waals surface area contributed by atoms with Gasteiger partial charge in [0.1, 0.15) is 5.58 Å². The van der Waals surface area contributed by atoms with Gasteiger partial charge in [0.05, 0.1) is 23.1 Å². The SMILES string of the molecule is C=CC1=NC2CC(=C)N=C(C)c3c(ccc4c3oc3nc(-c5ncccc5C)c(C)cc34)CCC2c2ccccc21. The van der Waals surface area contributed by atoms with Crippen molar-refractivity contribution in [3.05, 3.63) is 119 Å². The predicted octanol–water partition coefficient (Wildman–Crippen LogP) is 8.46. The number of furan rings is 1. The molecule has 3 aromatic heterocycles. The molecule has 0 saturated carbocycles. The van der Waals surface area contributed by atoms with E-state index in [9.17, 15) is 0 Å². The van der Waals surface area contributed by atoms with Crippen molar-refractivity contribution in [1.82, 2.24) is 9.97 Å². The van der Waals surface area contributed by atoms with Crippen molar-refractivity contribution in [2.45, 2.75) is 52.0 Å². The van der Waals surface area contributed by atoms with Crippen LogP contribution < -0.4 is 0 Å². The van der Waals surface area contributed by atoms with Gasteiger partial charge >= 0.3 is 0 Å². The third-order valence-corrected chi connectivity index (χ3v) is 8.60. The van der Waals surface area contributed by atoms with Gasteiger partial charge in [0.25, 0.3) is 0 Å². The molecule has 0 fully saturated rings. The van der Waals surface area contributed by atoms with Crippen LogP contribution in [0.4, 0.5) is 0 Å². The molecule has 0 bridgehead atoms. The maximum atomic E-state index is 6.59. The van der Waals surface area contributed by atoms with Gasteiger partial charge in [-0.1, -0.05) is 55.6 Å². The van der Waals surface area contributed by atoms with Gasteiger partial charge in [-0.3, -0.25) is 15.0 Å². The highest BCUT2D eigenvalue weighted by Crippen LogP contribution is 2.40. The normalized spacial score (nSPS) is 18.8. The van der Waals surface area contributed by atoms with Crippen LogP contribution in [0.5, 0.6) is 0 Å². The summed E-state index contributed by atoms with van der Waals surface area (Å²) in [6, 6.07) is 19.3. The highest BCUT2D eigenvalue weighted by atomic mass is 16.3. The third-order valence-electron chi connectivity index (χ3n) is 8.60. The summed E-state index contributed by atoms with van der Waals surface area (Å²) in [5.41, 5.74) is 12.8. The topological polar surface area (TPSA) is 63.6 Å². The lowest BCUT2D eigenvalue weighted by Gasteiger charge is -2.32. The number of aryl methyl sites for hydroxylation is 3. The first-order chi connectivity index (χ1) is 19.9. The zero-order valence-electron chi connectivity index (χ0n) is 23.7. The van der Waals surface area contributed by atoms with Crippen LogP contribution in [0.3, 0.4) is 0 Å². The maximum absolute atomic E-state index is 6.59. The molecule has 0 radical (unpaired) electrons. The zero-order chi connectivity index (χ0) is 28.2. The molecular weight excluding hydrogens is 504 g/mol. The number of fused-ring (bicyclic) bond motifs is 8. The summed E-state index contributed by atoms with van der Waals surface area (Å²) in [6.07, 6.45) is 6.24. The molecule has 7 rings (SSSR count). The predicted molar refractivity (Wildman–Crippen MR) is 168 cm³/mol. The maximum Gasteiger partial charge on any atom is 0.227 e. The lowest BCUT2D eigenvalue weighted by molar-refractivity contribution is 0.490. The van der Waals surface area contributed by atoms with Crippen molar-refractivity contribution in [2.24, 2.45) is 9.98 Å². The monoisotopic (exact) mass is 536 g/mol. The average Bonchev–Trinajstić information content (AvgIpc) is 3.32. The quantitative estimate of drug-likeness (QED) is 0.227. The summed E-state index contributed by atoms with van der Waals surface area (Å²) < 4.78 is 6.59. The molecule has 2 unspecified atom stereocenters. The van der Waals surface area contributed by atoms with Crippen LogP contribution in [-0.4, -0.2) is 27.4 Å². The van der Waals surface area contributed by atoms with Crippen LogP contribution in [0.1, 0.15) is 59.1 Å². The molecule has 202 valence electrons. The molecule has 0 N–H and O–H groups in total. The number of allylic oxidation sites excluding steroid dienone is 1. The summed E-state index contributed by atoms with van der Waals surface area (Å²) in [4.78, 5) is 19.8. The summed E-state index contributed by atoms with van der Waals surface area (Å²) in [7, 11) is 0. The first-order valence-electron chi connectivity index (χ1n) is 14.2. The highest BCUT2D eigenvalue weighted by Gasteiger charge is 2.32. The van der Waals surface area contributed by atoms with E-state index < -0.39 is 0 Å². The molecule has 5 aromatic rings. The Kier molecular flexibility index (Phi) is 6.04. The molecule has 2 atom stereocenters. The van der Waals surface area contributed by atoms with E-state index in [2.05, 4.69) is 87.4 Å². The number of nitrogens with zero attached hydrogens (tertiary/aromatic N) is 4.